The first kappa shape index (κ1) is 13.4. The van der Waals surface area contributed by atoms with Crippen molar-refractivity contribution >= 4 is 23.1 Å². The lowest BCUT2D eigenvalue weighted by atomic mass is 9.90. The van der Waals surface area contributed by atoms with Crippen LogP contribution in [0.1, 0.15) is 27.7 Å². The number of rotatable bonds is 4. The largest absolute Gasteiger partial charge is 0.387 e. The number of H-pyrrole nitrogens is 1. The standard InChI is InChI=1S/C13H18N2O2S/c1-12(2,16)13(3,4)17-18-10-7-9-5-6-14-11(9)15-8-10/h5-8,16H,1-4H3,(H,14,15). The van der Waals surface area contributed by atoms with Crippen LogP contribution in [0, 0.1) is 0 Å². The van der Waals surface area contributed by atoms with E-state index in [1.807, 2.05) is 32.2 Å². The van der Waals surface area contributed by atoms with Gasteiger partial charge >= 0.3 is 0 Å². The van der Waals surface area contributed by atoms with Gasteiger partial charge in [0.25, 0.3) is 0 Å². The molecular formula is C13H18N2O2S. The highest BCUT2D eigenvalue weighted by atomic mass is 32.2. The molecular weight excluding hydrogens is 248 g/mol. The second-order valence-electron chi connectivity index (χ2n) is 5.32. The summed E-state index contributed by atoms with van der Waals surface area (Å²) in [6.45, 7) is 7.20. The Morgan fingerprint density at radius 1 is 1.33 bits per heavy atom. The Balaban J connectivity index is 2.10. The van der Waals surface area contributed by atoms with Crippen molar-refractivity contribution in [1.82, 2.24) is 9.97 Å². The van der Waals surface area contributed by atoms with Crippen molar-refractivity contribution in [2.24, 2.45) is 0 Å². The highest BCUT2D eigenvalue weighted by molar-refractivity contribution is 7.94. The number of fused-ring (bicyclic) bond motifs is 1. The monoisotopic (exact) mass is 266 g/mol. The van der Waals surface area contributed by atoms with Crippen molar-refractivity contribution in [2.45, 2.75) is 43.8 Å². The molecule has 0 atom stereocenters. The van der Waals surface area contributed by atoms with Crippen LogP contribution in [-0.4, -0.2) is 26.3 Å². The summed E-state index contributed by atoms with van der Waals surface area (Å²) in [4.78, 5) is 8.24. The number of nitrogens with zero attached hydrogens (tertiary/aromatic N) is 1. The van der Waals surface area contributed by atoms with E-state index in [2.05, 4.69) is 9.97 Å². The van der Waals surface area contributed by atoms with Crippen LogP contribution >= 0.6 is 12.0 Å². The number of aromatic nitrogens is 2. The average Bonchev–Trinajstić information content (AvgIpc) is 2.71. The summed E-state index contributed by atoms with van der Waals surface area (Å²) >= 11 is 1.24. The van der Waals surface area contributed by atoms with E-state index in [0.29, 0.717) is 0 Å². The number of hydrogen-bond acceptors (Lipinski definition) is 4. The number of aliphatic hydroxyl groups is 1. The van der Waals surface area contributed by atoms with Gasteiger partial charge in [-0.2, -0.15) is 0 Å². The van der Waals surface area contributed by atoms with Crippen LogP contribution in [0.25, 0.3) is 11.0 Å². The fraction of sp³-hybridized carbons (Fsp3) is 0.462. The molecule has 0 unspecified atom stereocenters. The van der Waals surface area contributed by atoms with Gasteiger partial charge in [-0.3, -0.25) is 0 Å². The van der Waals surface area contributed by atoms with Crippen LogP contribution < -0.4 is 0 Å². The molecule has 5 heteroatoms. The summed E-state index contributed by atoms with van der Waals surface area (Å²) in [6, 6.07) is 3.97. The fourth-order valence-electron chi connectivity index (χ4n) is 1.22. The Labute approximate surface area is 111 Å². The summed E-state index contributed by atoms with van der Waals surface area (Å²) < 4.78 is 5.72. The highest BCUT2D eigenvalue weighted by Gasteiger charge is 2.36. The lowest BCUT2D eigenvalue weighted by Gasteiger charge is -2.35. The van der Waals surface area contributed by atoms with Crippen molar-refractivity contribution in [2.75, 3.05) is 0 Å². The minimum Gasteiger partial charge on any atom is -0.387 e. The zero-order chi connectivity index (χ0) is 13.4. The number of nitrogens with one attached hydrogen (secondary N) is 1. The summed E-state index contributed by atoms with van der Waals surface area (Å²) in [6.07, 6.45) is 3.61. The van der Waals surface area contributed by atoms with Crippen molar-refractivity contribution in [3.8, 4) is 0 Å². The molecule has 0 radical (unpaired) electrons. The fourth-order valence-corrected chi connectivity index (χ4v) is 2.00. The molecule has 0 aliphatic carbocycles. The topological polar surface area (TPSA) is 58.1 Å². The maximum Gasteiger partial charge on any atom is 0.137 e. The molecule has 0 amide bonds. The third kappa shape index (κ3) is 2.68. The minimum absolute atomic E-state index is 0.648. The minimum atomic E-state index is -0.911. The van der Waals surface area contributed by atoms with Gasteiger partial charge in [-0.05, 0) is 39.8 Å². The summed E-state index contributed by atoms with van der Waals surface area (Å²) in [7, 11) is 0. The van der Waals surface area contributed by atoms with Crippen LogP contribution in [0.3, 0.4) is 0 Å². The Hall–Kier alpha value is -1.04. The summed E-state index contributed by atoms with van der Waals surface area (Å²) in [5, 5.41) is 11.0. The van der Waals surface area contributed by atoms with Crippen LogP contribution in [0.15, 0.2) is 29.4 Å². The maximum atomic E-state index is 10.0. The molecule has 2 aromatic heterocycles. The van der Waals surface area contributed by atoms with E-state index in [1.54, 1.807) is 20.0 Å². The van der Waals surface area contributed by atoms with Crippen LogP contribution in [0.2, 0.25) is 0 Å². The van der Waals surface area contributed by atoms with Crippen LogP contribution in [0.4, 0.5) is 0 Å². The summed E-state index contributed by atoms with van der Waals surface area (Å²) in [5.41, 5.74) is -0.697. The Morgan fingerprint density at radius 3 is 2.72 bits per heavy atom. The third-order valence-electron chi connectivity index (χ3n) is 3.19. The van der Waals surface area contributed by atoms with Crippen molar-refractivity contribution in [1.29, 1.82) is 0 Å². The molecule has 0 saturated carbocycles. The second-order valence-corrected chi connectivity index (χ2v) is 6.13. The van der Waals surface area contributed by atoms with Gasteiger partial charge in [0, 0.05) is 29.8 Å². The van der Waals surface area contributed by atoms with E-state index < -0.39 is 11.2 Å². The molecule has 0 spiro atoms. The van der Waals surface area contributed by atoms with Gasteiger partial charge in [-0.25, -0.2) is 4.98 Å². The normalized spacial score (nSPS) is 13.2. The van der Waals surface area contributed by atoms with Crippen LogP contribution in [0.5, 0.6) is 0 Å². The predicted molar refractivity (Wildman–Crippen MR) is 73.4 cm³/mol. The lowest BCUT2D eigenvalue weighted by molar-refractivity contribution is -0.0813. The van der Waals surface area contributed by atoms with Gasteiger partial charge in [0.1, 0.15) is 11.2 Å². The SMILES string of the molecule is CC(C)(O)C(C)(C)OSc1cnc2[nH]ccc2c1. The molecule has 0 aromatic carbocycles. The van der Waals surface area contributed by atoms with Gasteiger partial charge in [0.2, 0.25) is 0 Å². The first-order valence-corrected chi connectivity index (χ1v) is 6.55. The third-order valence-corrected chi connectivity index (χ3v) is 4.11. The molecule has 2 N–H and O–H groups in total. The Morgan fingerprint density at radius 2 is 2.06 bits per heavy atom. The van der Waals surface area contributed by atoms with E-state index in [0.717, 1.165) is 15.9 Å². The maximum absolute atomic E-state index is 10.0. The van der Waals surface area contributed by atoms with E-state index in [9.17, 15) is 5.11 Å². The molecule has 98 valence electrons. The van der Waals surface area contributed by atoms with Gasteiger partial charge in [0.15, 0.2) is 0 Å². The quantitative estimate of drug-likeness (QED) is 0.835. The van der Waals surface area contributed by atoms with Crippen molar-refractivity contribution in [3.63, 3.8) is 0 Å². The molecule has 18 heavy (non-hydrogen) atoms. The average molecular weight is 266 g/mol. The highest BCUT2D eigenvalue weighted by Crippen LogP contribution is 2.33. The Bertz CT molecular complexity index is 543. The summed E-state index contributed by atoms with van der Waals surface area (Å²) in [5.74, 6) is 0. The van der Waals surface area contributed by atoms with E-state index in [4.69, 9.17) is 4.18 Å². The predicted octanol–water partition coefficient (Wildman–Crippen LogP) is 3.14. The van der Waals surface area contributed by atoms with Crippen molar-refractivity contribution in [3.05, 3.63) is 24.5 Å². The smallest absolute Gasteiger partial charge is 0.137 e. The molecule has 2 rings (SSSR count). The Kier molecular flexibility index (Phi) is 3.40. The number of hydrogen-bond donors (Lipinski definition) is 2. The van der Waals surface area contributed by atoms with E-state index in [1.165, 1.54) is 12.0 Å². The van der Waals surface area contributed by atoms with E-state index in [-0.39, 0.29) is 0 Å². The second kappa shape index (κ2) is 4.57. The molecule has 2 heterocycles. The molecule has 0 aliphatic heterocycles. The zero-order valence-electron chi connectivity index (χ0n) is 11.0. The van der Waals surface area contributed by atoms with E-state index >= 15 is 0 Å². The van der Waals surface area contributed by atoms with Gasteiger partial charge in [-0.15, -0.1) is 0 Å². The molecule has 2 aromatic rings. The first-order valence-electron chi connectivity index (χ1n) is 5.81. The number of aromatic amines is 1. The van der Waals surface area contributed by atoms with Gasteiger partial charge < -0.3 is 14.3 Å². The van der Waals surface area contributed by atoms with Gasteiger partial charge in [0.05, 0.1) is 10.5 Å². The lowest BCUT2D eigenvalue weighted by Crippen LogP contribution is -2.45. The molecule has 0 saturated heterocycles. The van der Waals surface area contributed by atoms with Gasteiger partial charge in [-0.1, -0.05) is 0 Å². The zero-order valence-corrected chi connectivity index (χ0v) is 11.8. The molecule has 4 nitrogen and oxygen atoms in total. The molecule has 0 bridgehead atoms. The van der Waals surface area contributed by atoms with Crippen LogP contribution in [-0.2, 0) is 4.18 Å². The first-order chi connectivity index (χ1) is 8.29. The number of pyridine rings is 1. The molecule has 0 aliphatic rings. The molecule has 0 fully saturated rings. The van der Waals surface area contributed by atoms with Crippen molar-refractivity contribution < 1.29 is 9.29 Å².